The van der Waals surface area contributed by atoms with Crippen LogP contribution in [0.15, 0.2) is 65.5 Å². The molecular formula is C24H25N3OS. The highest BCUT2D eigenvalue weighted by atomic mass is 32.1. The van der Waals surface area contributed by atoms with Crippen molar-refractivity contribution in [3.05, 3.63) is 87.9 Å². The Balaban J connectivity index is 1.45. The van der Waals surface area contributed by atoms with Crippen molar-refractivity contribution in [2.75, 3.05) is 19.6 Å². The van der Waals surface area contributed by atoms with E-state index < -0.39 is 0 Å². The van der Waals surface area contributed by atoms with Crippen molar-refractivity contribution >= 4 is 17.2 Å². The van der Waals surface area contributed by atoms with Crippen molar-refractivity contribution in [3.63, 3.8) is 0 Å². The first kappa shape index (κ1) is 18.5. The molecule has 1 aromatic heterocycles. The first-order chi connectivity index (χ1) is 14.2. The fraction of sp³-hybridized carbons (Fsp3) is 0.333. The van der Waals surface area contributed by atoms with Crippen LogP contribution in [0.5, 0.6) is 0 Å². The molecule has 1 amide bonds. The lowest BCUT2D eigenvalue weighted by molar-refractivity contribution is 0.0699. The summed E-state index contributed by atoms with van der Waals surface area (Å²) < 4.78 is 0. The Bertz CT molecular complexity index is 988. The van der Waals surface area contributed by atoms with E-state index in [0.717, 1.165) is 37.4 Å². The summed E-state index contributed by atoms with van der Waals surface area (Å²) in [5, 5.41) is 2.14. The largest absolute Gasteiger partial charge is 0.331 e. The highest BCUT2D eigenvalue weighted by molar-refractivity contribution is 7.07. The number of hydrogen-bond acceptors (Lipinski definition) is 4. The maximum absolute atomic E-state index is 13.4. The van der Waals surface area contributed by atoms with E-state index in [4.69, 9.17) is 0 Å². The zero-order valence-corrected chi connectivity index (χ0v) is 17.4. The van der Waals surface area contributed by atoms with Gasteiger partial charge in [-0.05, 0) is 36.1 Å². The molecular weight excluding hydrogens is 378 g/mol. The van der Waals surface area contributed by atoms with E-state index in [2.05, 4.69) is 51.4 Å². The van der Waals surface area contributed by atoms with Gasteiger partial charge in [-0.25, -0.2) is 4.98 Å². The number of likely N-dealkylation sites (tertiary alicyclic amines) is 2. The van der Waals surface area contributed by atoms with E-state index in [0.29, 0.717) is 11.8 Å². The topological polar surface area (TPSA) is 36.4 Å². The maximum atomic E-state index is 13.4. The molecule has 0 radical (unpaired) electrons. The lowest BCUT2D eigenvalue weighted by Crippen LogP contribution is -2.36. The first-order valence-corrected chi connectivity index (χ1v) is 11.2. The Morgan fingerprint density at radius 1 is 1.07 bits per heavy atom. The molecule has 0 saturated carbocycles. The Labute approximate surface area is 175 Å². The van der Waals surface area contributed by atoms with Gasteiger partial charge in [0, 0.05) is 43.0 Å². The van der Waals surface area contributed by atoms with Gasteiger partial charge in [-0.15, -0.1) is 11.3 Å². The molecule has 0 N–H and O–H groups in total. The molecule has 29 heavy (non-hydrogen) atoms. The fourth-order valence-electron chi connectivity index (χ4n) is 5.08. The third kappa shape index (κ3) is 3.49. The van der Waals surface area contributed by atoms with Crippen molar-refractivity contribution in [1.29, 1.82) is 0 Å². The van der Waals surface area contributed by atoms with Crippen LogP contribution in [0.1, 0.15) is 33.2 Å². The van der Waals surface area contributed by atoms with Crippen molar-refractivity contribution in [2.24, 2.45) is 11.8 Å². The Morgan fingerprint density at radius 3 is 2.62 bits per heavy atom. The van der Waals surface area contributed by atoms with Gasteiger partial charge in [0.05, 0.1) is 17.2 Å². The lowest BCUT2D eigenvalue weighted by atomic mass is 9.87. The molecule has 2 aliphatic heterocycles. The molecule has 3 heterocycles. The molecule has 3 atom stereocenters. The van der Waals surface area contributed by atoms with E-state index in [9.17, 15) is 4.79 Å². The second-order valence-corrected chi connectivity index (χ2v) is 8.94. The van der Waals surface area contributed by atoms with Gasteiger partial charge in [0.25, 0.3) is 5.91 Å². The van der Waals surface area contributed by atoms with Crippen LogP contribution in [0.4, 0.5) is 0 Å². The van der Waals surface area contributed by atoms with E-state index in [1.165, 1.54) is 11.1 Å². The molecule has 148 valence electrons. The summed E-state index contributed by atoms with van der Waals surface area (Å²) in [5.41, 5.74) is 6.40. The number of aromatic nitrogens is 1. The van der Waals surface area contributed by atoms with Gasteiger partial charge >= 0.3 is 0 Å². The summed E-state index contributed by atoms with van der Waals surface area (Å²) in [5.74, 6) is 1.12. The first-order valence-electron chi connectivity index (χ1n) is 10.2. The summed E-state index contributed by atoms with van der Waals surface area (Å²) in [6.45, 7) is 5.94. The molecule has 5 heteroatoms. The van der Waals surface area contributed by atoms with Crippen LogP contribution in [-0.4, -0.2) is 40.3 Å². The third-order valence-corrected chi connectivity index (χ3v) is 7.03. The van der Waals surface area contributed by atoms with E-state index in [-0.39, 0.29) is 11.9 Å². The average molecular weight is 404 g/mol. The molecule has 2 fully saturated rings. The second kappa shape index (κ2) is 7.73. The predicted octanol–water partition coefficient (Wildman–Crippen LogP) is 4.40. The molecule has 2 aliphatic rings. The molecule has 4 nitrogen and oxygen atoms in total. The van der Waals surface area contributed by atoms with Gasteiger partial charge < -0.3 is 4.90 Å². The van der Waals surface area contributed by atoms with Crippen LogP contribution in [0.2, 0.25) is 0 Å². The van der Waals surface area contributed by atoms with Crippen molar-refractivity contribution in [1.82, 2.24) is 14.8 Å². The summed E-state index contributed by atoms with van der Waals surface area (Å²) >= 11 is 1.65. The fourth-order valence-corrected chi connectivity index (χ4v) is 5.63. The van der Waals surface area contributed by atoms with Crippen LogP contribution in [0.25, 0.3) is 0 Å². The number of carbonyl (C=O) groups excluding carboxylic acids is 1. The number of nitrogens with zero attached hydrogens (tertiary/aromatic N) is 3. The van der Waals surface area contributed by atoms with Gasteiger partial charge in [0.15, 0.2) is 0 Å². The SMILES string of the molecule is Cc1ccccc1[C@@H]1[C@H]2CN(Cc3cscn3)C[C@H]2CN1C(=O)c1ccccc1. The van der Waals surface area contributed by atoms with E-state index >= 15 is 0 Å². The summed E-state index contributed by atoms with van der Waals surface area (Å²) in [4.78, 5) is 22.5. The standard InChI is InChI=1S/C24H25N3OS/c1-17-7-5-6-10-21(17)23-22-14-26(13-20-15-29-16-25-20)11-19(22)12-27(23)24(28)18-8-3-2-4-9-18/h2-10,15-16,19,22-23H,11-14H2,1H3/t19-,22-,23+/m0/s1. The molecule has 0 aliphatic carbocycles. The van der Waals surface area contributed by atoms with Gasteiger partial charge in [-0.1, -0.05) is 42.5 Å². The number of fused-ring (bicyclic) bond motifs is 1. The zero-order valence-electron chi connectivity index (χ0n) is 16.6. The highest BCUT2D eigenvalue weighted by Gasteiger charge is 2.49. The normalized spacial score (nSPS) is 24.0. The quantitative estimate of drug-likeness (QED) is 0.648. The Hall–Kier alpha value is -2.50. The van der Waals surface area contributed by atoms with Crippen LogP contribution >= 0.6 is 11.3 Å². The van der Waals surface area contributed by atoms with Crippen molar-refractivity contribution in [3.8, 4) is 0 Å². The number of aryl methyl sites for hydroxylation is 1. The number of rotatable bonds is 4. The van der Waals surface area contributed by atoms with E-state index in [1.54, 1.807) is 11.3 Å². The molecule has 5 rings (SSSR count). The lowest BCUT2D eigenvalue weighted by Gasteiger charge is -2.31. The minimum Gasteiger partial charge on any atom is -0.331 e. The molecule has 2 saturated heterocycles. The maximum Gasteiger partial charge on any atom is 0.254 e. The highest BCUT2D eigenvalue weighted by Crippen LogP contribution is 2.46. The van der Waals surface area contributed by atoms with Gasteiger partial charge in [0.1, 0.15) is 0 Å². The summed E-state index contributed by atoms with van der Waals surface area (Å²) in [6, 6.07) is 18.4. The minimum atomic E-state index is 0.134. The van der Waals surface area contributed by atoms with Gasteiger partial charge in [0.2, 0.25) is 0 Å². The summed E-state index contributed by atoms with van der Waals surface area (Å²) in [6.07, 6.45) is 0. The van der Waals surface area contributed by atoms with Crippen LogP contribution in [0, 0.1) is 18.8 Å². The Morgan fingerprint density at radius 2 is 1.86 bits per heavy atom. The number of benzene rings is 2. The molecule has 0 spiro atoms. The van der Waals surface area contributed by atoms with Crippen molar-refractivity contribution in [2.45, 2.75) is 19.5 Å². The monoisotopic (exact) mass is 403 g/mol. The average Bonchev–Trinajstić information content (AvgIpc) is 3.46. The number of carbonyl (C=O) groups is 1. The number of amides is 1. The third-order valence-electron chi connectivity index (χ3n) is 6.40. The molecule has 3 aromatic rings. The molecule has 2 aromatic carbocycles. The van der Waals surface area contributed by atoms with Crippen LogP contribution in [-0.2, 0) is 6.54 Å². The smallest absolute Gasteiger partial charge is 0.254 e. The molecule has 0 bridgehead atoms. The van der Waals surface area contributed by atoms with Crippen molar-refractivity contribution < 1.29 is 4.79 Å². The molecule has 0 unspecified atom stereocenters. The summed E-state index contributed by atoms with van der Waals surface area (Å²) in [7, 11) is 0. The predicted molar refractivity (Wildman–Crippen MR) is 116 cm³/mol. The Kier molecular flexibility index (Phi) is 4.94. The zero-order chi connectivity index (χ0) is 19.8. The van der Waals surface area contributed by atoms with Crippen LogP contribution in [0.3, 0.4) is 0 Å². The van der Waals surface area contributed by atoms with Crippen LogP contribution < -0.4 is 0 Å². The number of thiazole rings is 1. The van der Waals surface area contributed by atoms with Gasteiger partial charge in [-0.3, -0.25) is 9.69 Å². The van der Waals surface area contributed by atoms with E-state index in [1.807, 2.05) is 35.8 Å². The second-order valence-electron chi connectivity index (χ2n) is 8.22. The minimum absolute atomic E-state index is 0.134. The number of hydrogen-bond donors (Lipinski definition) is 0. The van der Waals surface area contributed by atoms with Gasteiger partial charge in [-0.2, -0.15) is 0 Å².